The van der Waals surface area contributed by atoms with Gasteiger partial charge < -0.3 is 10.0 Å². The van der Waals surface area contributed by atoms with Crippen LogP contribution in [-0.2, 0) is 18.4 Å². The molecule has 1 aliphatic heterocycles. The molecule has 1 heterocycles. The molecule has 31 heavy (non-hydrogen) atoms. The van der Waals surface area contributed by atoms with Gasteiger partial charge in [0, 0.05) is 19.6 Å². The number of aliphatic hydroxyl groups is 1. The first-order valence-corrected chi connectivity index (χ1v) is 11.6. The Labute approximate surface area is 185 Å². The molecular weight excluding hydrogens is 378 g/mol. The summed E-state index contributed by atoms with van der Waals surface area (Å²) in [4.78, 5) is 2.50. The van der Waals surface area contributed by atoms with Crippen LogP contribution in [0.15, 0.2) is 84.9 Å². The molecule has 1 aliphatic carbocycles. The zero-order chi connectivity index (χ0) is 21.1. The van der Waals surface area contributed by atoms with Crippen molar-refractivity contribution in [3.63, 3.8) is 0 Å². The topological polar surface area (TPSA) is 23.5 Å². The van der Waals surface area contributed by atoms with E-state index in [1.165, 1.54) is 27.8 Å². The van der Waals surface area contributed by atoms with Crippen LogP contribution in [0.5, 0.6) is 0 Å². The molecule has 3 aromatic rings. The van der Waals surface area contributed by atoms with Crippen LogP contribution in [0.2, 0.25) is 0 Å². The molecule has 0 bridgehead atoms. The highest BCUT2D eigenvalue weighted by Gasteiger charge is 2.33. The number of hydrogen-bond donors (Lipinski definition) is 1. The van der Waals surface area contributed by atoms with Gasteiger partial charge in [-0.2, -0.15) is 0 Å². The lowest BCUT2D eigenvalue weighted by molar-refractivity contribution is -0.0254. The summed E-state index contributed by atoms with van der Waals surface area (Å²) in [5.41, 5.74) is 7.47. The van der Waals surface area contributed by atoms with Crippen LogP contribution in [0.4, 0.5) is 0 Å². The Kier molecular flexibility index (Phi) is 5.76. The standard InChI is InChI=1S/C29H31NO/c31-29(25-11-2-1-3-12-25)18-21-30(22-19-29)20-8-15-28-26-13-6-4-9-23(26)16-17-24-10-5-7-14-27(24)28/h1-7,9-15,31H,8,16-22H2. The van der Waals surface area contributed by atoms with Crippen molar-refractivity contribution in [2.75, 3.05) is 19.6 Å². The van der Waals surface area contributed by atoms with Crippen LogP contribution >= 0.6 is 0 Å². The molecule has 3 aromatic carbocycles. The van der Waals surface area contributed by atoms with Crippen molar-refractivity contribution in [3.8, 4) is 0 Å². The van der Waals surface area contributed by atoms with Crippen molar-refractivity contribution in [1.82, 2.24) is 4.90 Å². The van der Waals surface area contributed by atoms with E-state index >= 15 is 0 Å². The molecule has 0 saturated carbocycles. The Morgan fingerprint density at radius 2 is 1.29 bits per heavy atom. The first-order valence-electron chi connectivity index (χ1n) is 11.6. The summed E-state index contributed by atoms with van der Waals surface area (Å²) in [6.07, 6.45) is 7.30. The third-order valence-electron chi connectivity index (χ3n) is 7.07. The molecule has 0 atom stereocenters. The van der Waals surface area contributed by atoms with E-state index in [-0.39, 0.29) is 0 Å². The molecule has 1 N–H and O–H groups in total. The molecular formula is C29H31NO. The van der Waals surface area contributed by atoms with Crippen molar-refractivity contribution in [3.05, 3.63) is 113 Å². The van der Waals surface area contributed by atoms with Crippen molar-refractivity contribution in [2.24, 2.45) is 0 Å². The molecule has 0 aromatic heterocycles. The third-order valence-corrected chi connectivity index (χ3v) is 7.07. The Bertz CT molecular complexity index is 1010. The van der Waals surface area contributed by atoms with Crippen LogP contribution in [0, 0.1) is 0 Å². The number of likely N-dealkylation sites (tertiary alicyclic amines) is 1. The van der Waals surface area contributed by atoms with Gasteiger partial charge in [0.2, 0.25) is 0 Å². The van der Waals surface area contributed by atoms with E-state index in [0.29, 0.717) is 0 Å². The zero-order valence-corrected chi connectivity index (χ0v) is 18.1. The van der Waals surface area contributed by atoms with Crippen LogP contribution in [0.1, 0.15) is 47.1 Å². The molecule has 5 rings (SSSR count). The minimum atomic E-state index is -0.671. The lowest BCUT2D eigenvalue weighted by Gasteiger charge is -2.38. The quantitative estimate of drug-likeness (QED) is 0.607. The Hall–Kier alpha value is -2.68. The first kappa shape index (κ1) is 20.2. The zero-order valence-electron chi connectivity index (χ0n) is 18.1. The molecule has 2 nitrogen and oxygen atoms in total. The van der Waals surface area contributed by atoms with E-state index in [1.807, 2.05) is 18.2 Å². The lowest BCUT2D eigenvalue weighted by Crippen LogP contribution is -2.42. The van der Waals surface area contributed by atoms with Crippen molar-refractivity contribution in [1.29, 1.82) is 0 Å². The number of hydrogen-bond acceptors (Lipinski definition) is 2. The SMILES string of the molecule is OC1(c2ccccc2)CCN(CCC=C2c3ccccc3CCc3ccccc32)CC1. The van der Waals surface area contributed by atoms with E-state index in [9.17, 15) is 5.11 Å². The maximum Gasteiger partial charge on any atom is 0.0920 e. The highest BCUT2D eigenvalue weighted by molar-refractivity contribution is 5.83. The second kappa shape index (κ2) is 8.82. The summed E-state index contributed by atoms with van der Waals surface area (Å²) >= 11 is 0. The van der Waals surface area contributed by atoms with Gasteiger partial charge in [-0.05, 0) is 65.5 Å². The van der Waals surface area contributed by atoms with Gasteiger partial charge in [-0.3, -0.25) is 0 Å². The summed E-state index contributed by atoms with van der Waals surface area (Å²) in [5, 5.41) is 11.1. The minimum absolute atomic E-state index is 0.671. The van der Waals surface area contributed by atoms with Crippen LogP contribution in [0.3, 0.4) is 0 Å². The average Bonchev–Trinajstić information content (AvgIpc) is 2.98. The normalized spacial score (nSPS) is 18.0. The fourth-order valence-electron chi connectivity index (χ4n) is 5.21. The first-order chi connectivity index (χ1) is 15.2. The third kappa shape index (κ3) is 4.23. The van der Waals surface area contributed by atoms with Gasteiger partial charge in [-0.1, -0.05) is 84.9 Å². The minimum Gasteiger partial charge on any atom is -0.385 e. The highest BCUT2D eigenvalue weighted by Crippen LogP contribution is 2.35. The summed E-state index contributed by atoms with van der Waals surface area (Å²) in [6, 6.07) is 27.9. The van der Waals surface area contributed by atoms with E-state index in [4.69, 9.17) is 0 Å². The molecule has 0 unspecified atom stereocenters. The number of benzene rings is 3. The van der Waals surface area contributed by atoms with Gasteiger partial charge >= 0.3 is 0 Å². The van der Waals surface area contributed by atoms with E-state index < -0.39 is 5.60 Å². The molecule has 2 heteroatoms. The van der Waals surface area contributed by atoms with Gasteiger partial charge in [0.15, 0.2) is 0 Å². The van der Waals surface area contributed by atoms with Crippen molar-refractivity contribution < 1.29 is 5.11 Å². The van der Waals surface area contributed by atoms with E-state index in [2.05, 4.69) is 71.6 Å². The second-order valence-corrected chi connectivity index (χ2v) is 8.96. The summed E-state index contributed by atoms with van der Waals surface area (Å²) < 4.78 is 0. The molecule has 1 saturated heterocycles. The molecule has 0 radical (unpaired) electrons. The number of rotatable bonds is 4. The van der Waals surface area contributed by atoms with Gasteiger partial charge in [-0.15, -0.1) is 0 Å². The predicted octanol–water partition coefficient (Wildman–Crippen LogP) is 5.59. The van der Waals surface area contributed by atoms with E-state index in [0.717, 1.165) is 57.3 Å². The Morgan fingerprint density at radius 3 is 1.90 bits per heavy atom. The van der Waals surface area contributed by atoms with Crippen LogP contribution in [0.25, 0.3) is 5.57 Å². The van der Waals surface area contributed by atoms with Gasteiger partial charge in [-0.25, -0.2) is 0 Å². The monoisotopic (exact) mass is 409 g/mol. The largest absolute Gasteiger partial charge is 0.385 e. The molecule has 1 fully saturated rings. The second-order valence-electron chi connectivity index (χ2n) is 8.96. The summed E-state index contributed by atoms with van der Waals surface area (Å²) in [7, 11) is 0. The van der Waals surface area contributed by atoms with Gasteiger partial charge in [0.05, 0.1) is 5.60 Å². The van der Waals surface area contributed by atoms with Crippen molar-refractivity contribution >= 4 is 5.57 Å². The predicted molar refractivity (Wildman–Crippen MR) is 128 cm³/mol. The van der Waals surface area contributed by atoms with Crippen LogP contribution in [-0.4, -0.2) is 29.6 Å². The molecule has 158 valence electrons. The average molecular weight is 410 g/mol. The highest BCUT2D eigenvalue weighted by atomic mass is 16.3. The fourth-order valence-corrected chi connectivity index (χ4v) is 5.21. The number of aryl methyl sites for hydroxylation is 2. The summed E-state index contributed by atoms with van der Waals surface area (Å²) in [5.74, 6) is 0. The smallest absolute Gasteiger partial charge is 0.0920 e. The van der Waals surface area contributed by atoms with Crippen molar-refractivity contribution in [2.45, 2.75) is 37.7 Å². The number of nitrogens with zero attached hydrogens (tertiary/aromatic N) is 1. The molecule has 0 spiro atoms. The fraction of sp³-hybridized carbons (Fsp3) is 0.310. The lowest BCUT2D eigenvalue weighted by atomic mass is 9.84. The number of piperidine rings is 1. The van der Waals surface area contributed by atoms with Gasteiger partial charge in [0.25, 0.3) is 0 Å². The Morgan fingerprint density at radius 1 is 0.742 bits per heavy atom. The number of fused-ring (bicyclic) bond motifs is 2. The van der Waals surface area contributed by atoms with Gasteiger partial charge in [0.1, 0.15) is 0 Å². The molecule has 0 amide bonds. The van der Waals surface area contributed by atoms with E-state index in [1.54, 1.807) is 0 Å². The maximum atomic E-state index is 11.1. The molecule has 2 aliphatic rings. The summed E-state index contributed by atoms with van der Waals surface area (Å²) in [6.45, 7) is 2.93. The Balaban J connectivity index is 1.30. The maximum absolute atomic E-state index is 11.1. The van der Waals surface area contributed by atoms with Crippen LogP contribution < -0.4 is 0 Å².